The number of carbonyl (C=O) groups is 2. The minimum Gasteiger partial charge on any atom is -0.506 e. The molecule has 2 amide bonds. The van der Waals surface area contributed by atoms with Crippen LogP contribution < -0.4 is 10.6 Å². The van der Waals surface area contributed by atoms with Crippen LogP contribution in [0, 0.1) is 0 Å². The highest BCUT2D eigenvalue weighted by Gasteiger charge is 2.20. The van der Waals surface area contributed by atoms with Gasteiger partial charge in [-0.1, -0.05) is 11.6 Å². The van der Waals surface area contributed by atoms with Gasteiger partial charge in [-0.2, -0.15) is 0 Å². The Morgan fingerprint density at radius 3 is 2.90 bits per heavy atom. The molecule has 1 aliphatic heterocycles. The van der Waals surface area contributed by atoms with Gasteiger partial charge in [0, 0.05) is 11.9 Å². The van der Waals surface area contributed by atoms with Crippen LogP contribution in [0.25, 0.3) is 0 Å². The van der Waals surface area contributed by atoms with Crippen LogP contribution >= 0.6 is 11.6 Å². The number of nitrogens with one attached hydrogen (secondary N) is 2. The Bertz CT molecular complexity index is 761. The largest absolute Gasteiger partial charge is 0.506 e. The van der Waals surface area contributed by atoms with E-state index in [1.165, 1.54) is 18.5 Å². The summed E-state index contributed by atoms with van der Waals surface area (Å²) in [6.45, 7) is 0. The Morgan fingerprint density at radius 1 is 1.33 bits per heavy atom. The quantitative estimate of drug-likeness (QED) is 0.793. The molecule has 2 aromatic rings. The van der Waals surface area contributed by atoms with E-state index in [1.54, 1.807) is 12.1 Å². The molecule has 0 radical (unpaired) electrons. The van der Waals surface area contributed by atoms with Crippen molar-refractivity contribution in [2.24, 2.45) is 0 Å². The Labute approximate surface area is 124 Å². The third-order valence-electron chi connectivity index (χ3n) is 3.05. The number of benzene rings is 1. The molecule has 0 unspecified atom stereocenters. The van der Waals surface area contributed by atoms with Gasteiger partial charge in [0.15, 0.2) is 0 Å². The van der Waals surface area contributed by atoms with Gasteiger partial charge in [-0.3, -0.25) is 14.6 Å². The van der Waals surface area contributed by atoms with Crippen LogP contribution in [0.3, 0.4) is 0 Å². The van der Waals surface area contributed by atoms with Crippen molar-refractivity contribution in [1.82, 2.24) is 4.98 Å². The normalized spacial score (nSPS) is 12.7. The van der Waals surface area contributed by atoms with Crippen molar-refractivity contribution in [1.29, 1.82) is 0 Å². The smallest absolute Gasteiger partial charge is 0.257 e. The molecular weight excluding hydrogens is 294 g/mol. The van der Waals surface area contributed by atoms with Crippen LogP contribution in [-0.2, 0) is 11.2 Å². The minimum absolute atomic E-state index is 0.0995. The summed E-state index contributed by atoms with van der Waals surface area (Å²) in [5, 5.41) is 15.0. The first-order valence-corrected chi connectivity index (χ1v) is 6.48. The molecule has 2 heterocycles. The van der Waals surface area contributed by atoms with E-state index in [1.807, 2.05) is 0 Å². The maximum Gasteiger partial charge on any atom is 0.257 e. The third kappa shape index (κ3) is 2.66. The Hall–Kier alpha value is -2.60. The van der Waals surface area contributed by atoms with E-state index in [-0.39, 0.29) is 23.6 Å². The SMILES string of the molecule is O=C1Cc2cc(NC(=O)c3cncc(O)c3)c(Cl)cc2N1. The van der Waals surface area contributed by atoms with Gasteiger partial charge in [-0.15, -0.1) is 0 Å². The minimum atomic E-state index is -0.447. The highest BCUT2D eigenvalue weighted by atomic mass is 35.5. The third-order valence-corrected chi connectivity index (χ3v) is 3.36. The summed E-state index contributed by atoms with van der Waals surface area (Å²) in [5.41, 5.74) is 2.04. The van der Waals surface area contributed by atoms with Gasteiger partial charge in [0.25, 0.3) is 5.91 Å². The molecular formula is C14H10ClN3O3. The number of hydrogen-bond donors (Lipinski definition) is 3. The summed E-state index contributed by atoms with van der Waals surface area (Å²) in [4.78, 5) is 27.1. The molecule has 6 nitrogen and oxygen atoms in total. The number of fused-ring (bicyclic) bond motifs is 1. The van der Waals surface area contributed by atoms with Crippen molar-refractivity contribution in [3.05, 3.63) is 46.7 Å². The van der Waals surface area contributed by atoms with Gasteiger partial charge in [0.2, 0.25) is 5.91 Å². The Kier molecular flexibility index (Phi) is 3.23. The molecule has 21 heavy (non-hydrogen) atoms. The molecule has 7 heteroatoms. The summed E-state index contributed by atoms with van der Waals surface area (Å²) >= 11 is 6.09. The molecule has 0 atom stereocenters. The lowest BCUT2D eigenvalue weighted by atomic mass is 10.1. The molecule has 106 valence electrons. The first kappa shape index (κ1) is 13.4. The lowest BCUT2D eigenvalue weighted by molar-refractivity contribution is -0.115. The van der Waals surface area contributed by atoms with E-state index in [0.29, 0.717) is 16.4 Å². The van der Waals surface area contributed by atoms with E-state index in [0.717, 1.165) is 5.56 Å². The standard InChI is InChI=1S/C14H10ClN3O3/c15-10-4-11-7(3-13(20)17-11)2-12(10)18-14(21)8-1-9(19)6-16-5-8/h1-2,4-6,19H,3H2,(H,17,20)(H,18,21). The lowest BCUT2D eigenvalue weighted by Gasteiger charge is -2.09. The number of amides is 2. The molecule has 3 rings (SSSR count). The first-order chi connectivity index (χ1) is 10.0. The summed E-state index contributed by atoms with van der Waals surface area (Å²) in [7, 11) is 0. The summed E-state index contributed by atoms with van der Waals surface area (Å²) < 4.78 is 0. The van der Waals surface area contributed by atoms with Crippen molar-refractivity contribution in [3.8, 4) is 5.75 Å². The van der Waals surface area contributed by atoms with Crippen LogP contribution in [0.5, 0.6) is 5.75 Å². The van der Waals surface area contributed by atoms with E-state index in [2.05, 4.69) is 15.6 Å². The maximum atomic E-state index is 12.1. The van der Waals surface area contributed by atoms with E-state index < -0.39 is 5.91 Å². The second-order valence-corrected chi connectivity index (χ2v) is 5.01. The zero-order chi connectivity index (χ0) is 15.0. The molecule has 1 aliphatic rings. The summed E-state index contributed by atoms with van der Waals surface area (Å²) in [5.74, 6) is -0.656. The van der Waals surface area contributed by atoms with Crippen LogP contribution in [0.2, 0.25) is 5.02 Å². The molecule has 1 aromatic heterocycles. The summed E-state index contributed by atoms with van der Waals surface area (Å²) in [6.07, 6.45) is 2.82. The lowest BCUT2D eigenvalue weighted by Crippen LogP contribution is -2.12. The van der Waals surface area contributed by atoms with E-state index in [4.69, 9.17) is 11.6 Å². The van der Waals surface area contributed by atoms with Gasteiger partial charge < -0.3 is 15.7 Å². The number of rotatable bonds is 2. The molecule has 0 fully saturated rings. The fourth-order valence-electron chi connectivity index (χ4n) is 2.09. The highest BCUT2D eigenvalue weighted by molar-refractivity contribution is 6.34. The van der Waals surface area contributed by atoms with Gasteiger partial charge in [0.05, 0.1) is 28.9 Å². The molecule has 0 saturated carbocycles. The zero-order valence-electron chi connectivity index (χ0n) is 10.7. The van der Waals surface area contributed by atoms with Crippen molar-refractivity contribution < 1.29 is 14.7 Å². The van der Waals surface area contributed by atoms with Gasteiger partial charge in [-0.05, 0) is 23.8 Å². The number of nitrogens with zero attached hydrogens (tertiary/aromatic N) is 1. The molecule has 1 aromatic carbocycles. The molecule has 0 spiro atoms. The Balaban J connectivity index is 1.87. The number of hydrogen-bond acceptors (Lipinski definition) is 4. The van der Waals surface area contributed by atoms with Crippen LogP contribution in [0.15, 0.2) is 30.6 Å². The molecule has 0 bridgehead atoms. The van der Waals surface area contributed by atoms with Gasteiger partial charge in [0.1, 0.15) is 5.75 Å². The average Bonchev–Trinajstić information content (AvgIpc) is 2.78. The van der Waals surface area contributed by atoms with Crippen molar-refractivity contribution in [2.45, 2.75) is 6.42 Å². The topological polar surface area (TPSA) is 91.3 Å². The first-order valence-electron chi connectivity index (χ1n) is 6.10. The van der Waals surface area contributed by atoms with Crippen LogP contribution in [-0.4, -0.2) is 21.9 Å². The number of aromatic nitrogens is 1. The van der Waals surface area contributed by atoms with E-state index in [9.17, 15) is 14.7 Å². The fourth-order valence-corrected chi connectivity index (χ4v) is 2.30. The maximum absolute atomic E-state index is 12.1. The van der Waals surface area contributed by atoms with Crippen molar-refractivity contribution in [3.63, 3.8) is 0 Å². The summed E-state index contributed by atoms with van der Waals surface area (Å²) in [6, 6.07) is 4.55. The molecule has 0 saturated heterocycles. The second kappa shape index (κ2) is 5.06. The predicted molar refractivity (Wildman–Crippen MR) is 77.6 cm³/mol. The fraction of sp³-hybridized carbons (Fsp3) is 0.0714. The van der Waals surface area contributed by atoms with Crippen LogP contribution in [0.4, 0.5) is 11.4 Å². The molecule has 3 N–H and O–H groups in total. The van der Waals surface area contributed by atoms with Gasteiger partial charge >= 0.3 is 0 Å². The number of carbonyl (C=O) groups excluding carboxylic acids is 2. The van der Waals surface area contributed by atoms with Crippen molar-refractivity contribution >= 4 is 34.8 Å². The monoisotopic (exact) mass is 303 g/mol. The molecule has 0 aliphatic carbocycles. The zero-order valence-corrected chi connectivity index (χ0v) is 11.4. The number of anilines is 2. The Morgan fingerprint density at radius 2 is 2.14 bits per heavy atom. The van der Waals surface area contributed by atoms with Gasteiger partial charge in [-0.25, -0.2) is 0 Å². The second-order valence-electron chi connectivity index (χ2n) is 4.60. The van der Waals surface area contributed by atoms with Crippen LogP contribution in [0.1, 0.15) is 15.9 Å². The van der Waals surface area contributed by atoms with Crippen molar-refractivity contribution in [2.75, 3.05) is 10.6 Å². The highest BCUT2D eigenvalue weighted by Crippen LogP contribution is 2.33. The number of aromatic hydroxyl groups is 1. The predicted octanol–water partition coefficient (Wildman–Crippen LogP) is 2.19. The average molecular weight is 304 g/mol. The number of halogens is 1. The van der Waals surface area contributed by atoms with E-state index >= 15 is 0 Å². The number of pyridine rings is 1.